The summed E-state index contributed by atoms with van der Waals surface area (Å²) in [6.07, 6.45) is 12.5. The number of fused-ring (bicyclic) bond motifs is 1. The van der Waals surface area contributed by atoms with Crippen molar-refractivity contribution < 1.29 is 24.3 Å². The molecule has 3 aliphatic rings. The number of piperazine rings is 1. The Hall–Kier alpha value is -5.91. The highest BCUT2D eigenvalue weighted by Gasteiger charge is 2.44. The molecule has 4 aromatic heterocycles. The molecule has 5 aromatic rings. The third-order valence-electron chi connectivity index (χ3n) is 14.8. The number of hydrogen-bond donors (Lipinski definition) is 3. The molecule has 3 N–H and O–H groups in total. The number of ketones is 1. The highest BCUT2D eigenvalue weighted by molar-refractivity contribution is 7.13. The maximum Gasteiger partial charge on any atom is 0.263 e. The minimum absolute atomic E-state index is 0.0329. The summed E-state index contributed by atoms with van der Waals surface area (Å²) < 4.78 is 1.76. The number of benzene rings is 1. The van der Waals surface area contributed by atoms with E-state index in [9.17, 15) is 29.1 Å². The first-order chi connectivity index (χ1) is 34.5. The van der Waals surface area contributed by atoms with Crippen LogP contribution in [0.3, 0.4) is 0 Å². The summed E-state index contributed by atoms with van der Waals surface area (Å²) in [6, 6.07) is 10.5. The Morgan fingerprint density at radius 3 is 2.28 bits per heavy atom. The Morgan fingerprint density at radius 1 is 0.889 bits per heavy atom. The molecule has 72 heavy (non-hydrogen) atoms. The zero-order valence-electron chi connectivity index (χ0n) is 42.9. The highest BCUT2D eigenvalue weighted by atomic mass is 32.1. The van der Waals surface area contributed by atoms with E-state index in [2.05, 4.69) is 36.5 Å². The average molecular weight is 1000 g/mol. The first kappa shape index (κ1) is 52.4. The summed E-state index contributed by atoms with van der Waals surface area (Å²) in [6.45, 7) is 16.1. The van der Waals surface area contributed by atoms with Crippen LogP contribution in [-0.4, -0.2) is 120 Å². The summed E-state index contributed by atoms with van der Waals surface area (Å²) >= 11 is 1.59. The molecule has 3 amide bonds. The fourth-order valence-corrected chi connectivity index (χ4v) is 11.4. The average Bonchev–Trinajstić information content (AvgIpc) is 4.14. The van der Waals surface area contributed by atoms with Crippen LogP contribution in [0.4, 0.5) is 5.69 Å². The number of β-amino-alcohol motifs (C(OH)–C–C–N with tert-alkyl or cyclic N) is 1. The number of anilines is 1. The van der Waals surface area contributed by atoms with Gasteiger partial charge in [0.25, 0.3) is 5.56 Å². The normalized spacial score (nSPS) is 18.2. The molecule has 0 radical (unpaired) electrons. The zero-order chi connectivity index (χ0) is 51.1. The first-order valence-electron chi connectivity index (χ1n) is 25.9. The fraction of sp³-hybridized carbons (Fsp3) is 0.545. The van der Waals surface area contributed by atoms with Crippen LogP contribution in [0, 0.1) is 19.3 Å². The van der Waals surface area contributed by atoms with Gasteiger partial charge < -0.3 is 25.5 Å². The van der Waals surface area contributed by atoms with Crippen LogP contribution in [-0.2, 0) is 27.3 Å². The second-order valence-electron chi connectivity index (χ2n) is 21.2. The number of amides is 3. The summed E-state index contributed by atoms with van der Waals surface area (Å²) in [5, 5.41) is 17.3. The van der Waals surface area contributed by atoms with E-state index in [0.717, 1.165) is 129 Å². The van der Waals surface area contributed by atoms with Crippen LogP contribution in [0.25, 0.3) is 21.5 Å². The van der Waals surface area contributed by atoms with Gasteiger partial charge in [0.15, 0.2) is 5.78 Å². The molecule has 1 saturated carbocycles. The summed E-state index contributed by atoms with van der Waals surface area (Å²) in [4.78, 5) is 93.1. The van der Waals surface area contributed by atoms with Gasteiger partial charge in [-0.15, -0.1) is 11.3 Å². The third-order valence-corrected chi connectivity index (χ3v) is 15.8. The second kappa shape index (κ2) is 23.3. The van der Waals surface area contributed by atoms with Crippen molar-refractivity contribution >= 4 is 51.6 Å². The predicted octanol–water partition coefficient (Wildman–Crippen LogP) is 7.11. The van der Waals surface area contributed by atoms with Crippen molar-refractivity contribution in [1.82, 2.24) is 44.9 Å². The summed E-state index contributed by atoms with van der Waals surface area (Å²) in [5.74, 6) is -0.501. The molecule has 3 fully saturated rings. The van der Waals surface area contributed by atoms with Gasteiger partial charge in [0.05, 0.1) is 46.1 Å². The van der Waals surface area contributed by atoms with E-state index in [1.165, 1.54) is 11.8 Å². The molecule has 384 valence electrons. The van der Waals surface area contributed by atoms with Gasteiger partial charge in [-0.1, -0.05) is 77.1 Å². The molecule has 6 heterocycles. The number of aliphatic hydroxyl groups excluding tert-OH is 1. The zero-order valence-corrected chi connectivity index (χ0v) is 43.7. The molecule has 0 bridgehead atoms. The Bertz CT molecular complexity index is 2770. The van der Waals surface area contributed by atoms with Gasteiger partial charge in [-0.2, -0.15) is 0 Å². The number of aryl methyl sites for hydroxylation is 2. The number of Topliss-reactive ketones (excluding diaryl/α,β-unsaturated/α-hetero) is 1. The number of aromatic nitrogens is 5. The van der Waals surface area contributed by atoms with E-state index in [1.807, 2.05) is 76.7 Å². The van der Waals surface area contributed by atoms with E-state index in [0.29, 0.717) is 29.9 Å². The molecule has 17 heteroatoms. The van der Waals surface area contributed by atoms with Crippen molar-refractivity contribution in [3.8, 4) is 10.4 Å². The van der Waals surface area contributed by atoms with Crippen LogP contribution in [0.1, 0.15) is 143 Å². The van der Waals surface area contributed by atoms with E-state index >= 15 is 0 Å². The lowest BCUT2D eigenvalue weighted by Gasteiger charge is -2.36. The number of likely N-dealkylation sites (tertiary alicyclic amines) is 1. The van der Waals surface area contributed by atoms with Gasteiger partial charge in [0.2, 0.25) is 17.7 Å². The van der Waals surface area contributed by atoms with Gasteiger partial charge in [0, 0.05) is 75.4 Å². The molecule has 2 aliphatic heterocycles. The molecule has 0 unspecified atom stereocenters. The number of thiazole rings is 1. The maximum absolute atomic E-state index is 14.1. The van der Waals surface area contributed by atoms with Crippen molar-refractivity contribution in [1.29, 1.82) is 0 Å². The molecule has 1 aromatic carbocycles. The largest absolute Gasteiger partial charge is 0.391 e. The van der Waals surface area contributed by atoms with Crippen LogP contribution in [0.5, 0.6) is 0 Å². The molecule has 8 rings (SSSR count). The molecular formula is C55H72N10O6S. The molecule has 2 saturated heterocycles. The van der Waals surface area contributed by atoms with Crippen LogP contribution < -0.4 is 21.1 Å². The molecule has 16 nitrogen and oxygen atoms in total. The SMILES string of the molecule is CC(=O)c1c(C)c2cnc(Cc3ccc(N4CCN(CCCCCCCC(=O)N[C@H](C(=O)N5C[C@H](O)C[C@H]5C(=O)NCc5ccc(-c6scnc6C)cc5)C(C)(C)C)CC4)cn3)nc2n(C2CCCC2)c1=O. The smallest absolute Gasteiger partial charge is 0.263 e. The van der Waals surface area contributed by atoms with Crippen molar-refractivity contribution in [2.24, 2.45) is 5.41 Å². The van der Waals surface area contributed by atoms with Crippen LogP contribution >= 0.6 is 11.3 Å². The minimum Gasteiger partial charge on any atom is -0.391 e. The van der Waals surface area contributed by atoms with Crippen LogP contribution in [0.15, 0.2) is 59.1 Å². The number of hydrogen-bond acceptors (Lipinski definition) is 13. The minimum atomic E-state index is -0.847. The van der Waals surface area contributed by atoms with Crippen LogP contribution in [0.2, 0.25) is 0 Å². The Labute approximate surface area is 427 Å². The fourth-order valence-electron chi connectivity index (χ4n) is 10.6. The topological polar surface area (TPSA) is 196 Å². The first-order valence-corrected chi connectivity index (χ1v) is 26.8. The number of aliphatic hydroxyl groups is 1. The Kier molecular flexibility index (Phi) is 17.0. The predicted molar refractivity (Wildman–Crippen MR) is 281 cm³/mol. The number of rotatable bonds is 19. The van der Waals surface area contributed by atoms with Crippen molar-refractivity contribution in [3.63, 3.8) is 0 Å². The monoisotopic (exact) mass is 1000 g/mol. The molecule has 0 spiro atoms. The number of carbonyl (C=O) groups is 4. The lowest BCUT2D eigenvalue weighted by atomic mass is 9.85. The van der Waals surface area contributed by atoms with Gasteiger partial charge in [-0.05, 0) is 87.2 Å². The van der Waals surface area contributed by atoms with Gasteiger partial charge in [-0.25, -0.2) is 15.0 Å². The maximum atomic E-state index is 14.1. The molecular weight excluding hydrogens is 929 g/mol. The number of pyridine rings is 2. The second-order valence-corrected chi connectivity index (χ2v) is 22.0. The van der Waals surface area contributed by atoms with E-state index < -0.39 is 23.6 Å². The number of nitrogens with zero attached hydrogens (tertiary/aromatic N) is 8. The quantitative estimate of drug-likeness (QED) is 0.0562. The Balaban J connectivity index is 0.732. The lowest BCUT2D eigenvalue weighted by Crippen LogP contribution is -2.57. The van der Waals surface area contributed by atoms with E-state index in [1.54, 1.807) is 22.1 Å². The van der Waals surface area contributed by atoms with E-state index in [-0.39, 0.29) is 60.2 Å². The summed E-state index contributed by atoms with van der Waals surface area (Å²) in [5.41, 5.74) is 7.34. The highest BCUT2D eigenvalue weighted by Crippen LogP contribution is 2.33. The third kappa shape index (κ3) is 12.5. The Morgan fingerprint density at radius 2 is 1.61 bits per heavy atom. The van der Waals surface area contributed by atoms with Crippen molar-refractivity contribution in [2.45, 2.75) is 149 Å². The molecule has 3 atom stereocenters. The van der Waals surface area contributed by atoms with Gasteiger partial charge in [0.1, 0.15) is 23.6 Å². The van der Waals surface area contributed by atoms with Crippen molar-refractivity contribution in [2.75, 3.05) is 44.2 Å². The van der Waals surface area contributed by atoms with Crippen molar-refractivity contribution in [3.05, 3.63) is 98.6 Å². The van der Waals surface area contributed by atoms with Gasteiger partial charge in [-0.3, -0.25) is 38.4 Å². The van der Waals surface area contributed by atoms with E-state index in [4.69, 9.17) is 9.97 Å². The number of carbonyl (C=O) groups excluding carboxylic acids is 4. The standard InChI is InChI=1S/C55H72N10O6S/c1-35-44-32-57-46(60-51(44)65(41-14-11-12-15-41)53(70)48(35)37(3)66)28-40-21-22-42(31-56-40)63-26-24-62(25-27-63)23-13-9-7-8-10-16-47(68)61-50(55(4,5)6)54(71)64-33-43(67)29-45(64)52(69)58-30-38-17-19-39(20-18-38)49-36(2)59-34-72-49/h17-22,31-32,34,41,43,45,50,67H,7-16,23-30,33H2,1-6H3,(H,58,69)(H,61,68)/t43-,45+,50-/m1/s1. The number of nitrogens with one attached hydrogen (secondary N) is 2. The van der Waals surface area contributed by atoms with Gasteiger partial charge >= 0.3 is 0 Å². The molecule has 1 aliphatic carbocycles. The number of unbranched alkanes of at least 4 members (excludes halogenated alkanes) is 4. The summed E-state index contributed by atoms with van der Waals surface area (Å²) in [7, 11) is 0. The lowest BCUT2D eigenvalue weighted by molar-refractivity contribution is -0.144.